The van der Waals surface area contributed by atoms with Gasteiger partial charge in [-0.05, 0) is 25.1 Å². The molecule has 5 heteroatoms. The first-order chi connectivity index (χ1) is 8.15. The Hall–Kier alpha value is -2.04. The maximum atomic E-state index is 11.9. The number of hydrogen-bond donors (Lipinski definition) is 1. The van der Waals surface area contributed by atoms with Crippen molar-refractivity contribution in [3.8, 4) is 0 Å². The molecule has 1 amide bonds. The van der Waals surface area contributed by atoms with Gasteiger partial charge in [-0.1, -0.05) is 0 Å². The van der Waals surface area contributed by atoms with Gasteiger partial charge >= 0.3 is 0 Å². The molecule has 1 N–H and O–H groups in total. The molecule has 0 aromatic carbocycles. The first kappa shape index (κ1) is 11.4. The molecule has 0 unspecified atom stereocenters. The van der Waals surface area contributed by atoms with Crippen LogP contribution in [0.2, 0.25) is 0 Å². The van der Waals surface area contributed by atoms with Gasteiger partial charge in [-0.2, -0.15) is 5.10 Å². The molecule has 5 nitrogen and oxygen atoms in total. The van der Waals surface area contributed by atoms with Crippen LogP contribution in [0.3, 0.4) is 0 Å². The van der Waals surface area contributed by atoms with Gasteiger partial charge in [0.25, 0.3) is 0 Å². The summed E-state index contributed by atoms with van der Waals surface area (Å²) in [6.45, 7) is 2.39. The van der Waals surface area contributed by atoms with E-state index < -0.39 is 0 Å². The molecular weight excluding hydrogens is 218 g/mol. The predicted molar refractivity (Wildman–Crippen MR) is 62.2 cm³/mol. The van der Waals surface area contributed by atoms with E-state index in [2.05, 4.69) is 10.2 Å². The van der Waals surface area contributed by atoms with Crippen LogP contribution in [0, 0.1) is 6.92 Å². The Morgan fingerprint density at radius 3 is 2.88 bits per heavy atom. The SMILES string of the molecule is Cc1ccc(CC(=O)N(C)Cc2ccn[nH]2)o1. The molecule has 17 heavy (non-hydrogen) atoms. The largest absolute Gasteiger partial charge is 0.466 e. The number of carbonyl (C=O) groups is 1. The predicted octanol–water partition coefficient (Wildman–Crippen LogP) is 1.51. The number of nitrogens with one attached hydrogen (secondary N) is 1. The fourth-order valence-corrected chi connectivity index (χ4v) is 1.58. The molecule has 2 rings (SSSR count). The highest BCUT2D eigenvalue weighted by molar-refractivity contribution is 5.77. The number of rotatable bonds is 4. The number of nitrogens with zero attached hydrogens (tertiary/aromatic N) is 2. The van der Waals surface area contributed by atoms with Gasteiger partial charge in [-0.3, -0.25) is 9.89 Å². The highest BCUT2D eigenvalue weighted by atomic mass is 16.3. The van der Waals surface area contributed by atoms with Gasteiger partial charge in [0.1, 0.15) is 11.5 Å². The van der Waals surface area contributed by atoms with E-state index in [1.165, 1.54) is 0 Å². The van der Waals surface area contributed by atoms with Crippen molar-refractivity contribution in [2.24, 2.45) is 0 Å². The smallest absolute Gasteiger partial charge is 0.230 e. The molecule has 0 saturated carbocycles. The summed E-state index contributed by atoms with van der Waals surface area (Å²) in [5.41, 5.74) is 0.913. The van der Waals surface area contributed by atoms with Crippen molar-refractivity contribution in [2.75, 3.05) is 7.05 Å². The second-order valence-corrected chi connectivity index (χ2v) is 4.02. The number of carbonyl (C=O) groups excluding carboxylic acids is 1. The summed E-state index contributed by atoms with van der Waals surface area (Å²) in [5.74, 6) is 1.54. The third-order valence-corrected chi connectivity index (χ3v) is 2.51. The molecule has 2 aromatic heterocycles. The summed E-state index contributed by atoms with van der Waals surface area (Å²) in [6, 6.07) is 5.54. The fourth-order valence-electron chi connectivity index (χ4n) is 1.58. The van der Waals surface area contributed by atoms with E-state index in [4.69, 9.17) is 4.42 Å². The van der Waals surface area contributed by atoms with Crippen LogP contribution in [0.25, 0.3) is 0 Å². The van der Waals surface area contributed by atoms with E-state index in [-0.39, 0.29) is 5.91 Å². The van der Waals surface area contributed by atoms with Crippen molar-refractivity contribution in [1.29, 1.82) is 0 Å². The standard InChI is InChI=1S/C12H15N3O2/c1-9-3-4-11(17-9)7-12(16)15(2)8-10-5-6-13-14-10/h3-6H,7-8H2,1-2H3,(H,13,14). The Morgan fingerprint density at radius 1 is 1.47 bits per heavy atom. The molecule has 0 saturated heterocycles. The minimum absolute atomic E-state index is 0.0222. The number of furan rings is 1. The summed E-state index contributed by atoms with van der Waals surface area (Å²) in [7, 11) is 1.76. The van der Waals surface area contributed by atoms with E-state index in [1.54, 1.807) is 18.1 Å². The van der Waals surface area contributed by atoms with Gasteiger partial charge in [-0.25, -0.2) is 0 Å². The number of aryl methyl sites for hydroxylation is 1. The molecule has 0 aliphatic rings. The Balaban J connectivity index is 1.91. The van der Waals surface area contributed by atoms with Crippen molar-refractivity contribution in [3.05, 3.63) is 41.6 Å². The second kappa shape index (κ2) is 4.86. The molecule has 0 atom stereocenters. The zero-order valence-corrected chi connectivity index (χ0v) is 9.93. The van der Waals surface area contributed by atoms with Gasteiger partial charge in [-0.15, -0.1) is 0 Å². The lowest BCUT2D eigenvalue weighted by molar-refractivity contribution is -0.130. The van der Waals surface area contributed by atoms with Crippen LogP contribution in [-0.4, -0.2) is 28.1 Å². The molecule has 90 valence electrons. The van der Waals surface area contributed by atoms with Crippen LogP contribution in [0.15, 0.2) is 28.8 Å². The lowest BCUT2D eigenvalue weighted by Gasteiger charge is -2.15. The van der Waals surface area contributed by atoms with Gasteiger partial charge in [0, 0.05) is 13.2 Å². The third kappa shape index (κ3) is 2.96. The first-order valence-corrected chi connectivity index (χ1v) is 5.42. The summed E-state index contributed by atoms with van der Waals surface area (Å²) >= 11 is 0. The molecule has 0 bridgehead atoms. The van der Waals surface area contributed by atoms with Gasteiger partial charge in [0.2, 0.25) is 5.91 Å². The van der Waals surface area contributed by atoms with Crippen molar-refractivity contribution >= 4 is 5.91 Å². The van der Waals surface area contributed by atoms with Gasteiger partial charge < -0.3 is 9.32 Å². The number of aromatic amines is 1. The number of amides is 1. The molecule has 0 spiro atoms. The van der Waals surface area contributed by atoms with Crippen molar-refractivity contribution in [1.82, 2.24) is 15.1 Å². The summed E-state index contributed by atoms with van der Waals surface area (Å²) in [6.07, 6.45) is 1.96. The van der Waals surface area contributed by atoms with Crippen molar-refractivity contribution in [2.45, 2.75) is 19.9 Å². The van der Waals surface area contributed by atoms with E-state index in [9.17, 15) is 4.79 Å². The van der Waals surface area contributed by atoms with Crippen LogP contribution < -0.4 is 0 Å². The molecule has 2 heterocycles. The summed E-state index contributed by atoms with van der Waals surface area (Å²) < 4.78 is 5.37. The Bertz CT molecular complexity index is 488. The van der Waals surface area contributed by atoms with Crippen molar-refractivity contribution in [3.63, 3.8) is 0 Å². The normalized spacial score (nSPS) is 10.5. The highest BCUT2D eigenvalue weighted by Gasteiger charge is 2.12. The minimum Gasteiger partial charge on any atom is -0.466 e. The van der Waals surface area contributed by atoms with Crippen molar-refractivity contribution < 1.29 is 9.21 Å². The summed E-state index contributed by atoms with van der Waals surface area (Å²) in [4.78, 5) is 13.5. The highest BCUT2D eigenvalue weighted by Crippen LogP contribution is 2.09. The van der Waals surface area contributed by atoms with Crippen LogP contribution in [-0.2, 0) is 17.8 Å². The first-order valence-electron chi connectivity index (χ1n) is 5.42. The average molecular weight is 233 g/mol. The fraction of sp³-hybridized carbons (Fsp3) is 0.333. The van der Waals surface area contributed by atoms with Crippen LogP contribution in [0.1, 0.15) is 17.2 Å². The number of hydrogen-bond acceptors (Lipinski definition) is 3. The molecular formula is C12H15N3O2. The van der Waals surface area contributed by atoms with E-state index in [0.29, 0.717) is 18.7 Å². The lowest BCUT2D eigenvalue weighted by atomic mass is 10.3. The molecule has 0 fully saturated rings. The summed E-state index contributed by atoms with van der Waals surface area (Å²) in [5, 5.41) is 6.66. The van der Waals surface area contributed by atoms with E-state index in [0.717, 1.165) is 11.5 Å². The lowest BCUT2D eigenvalue weighted by Crippen LogP contribution is -2.27. The van der Waals surface area contributed by atoms with Crippen LogP contribution >= 0.6 is 0 Å². The number of H-pyrrole nitrogens is 1. The van der Waals surface area contributed by atoms with Crippen LogP contribution in [0.5, 0.6) is 0 Å². The zero-order valence-electron chi connectivity index (χ0n) is 9.93. The monoisotopic (exact) mass is 233 g/mol. The zero-order chi connectivity index (χ0) is 12.3. The third-order valence-electron chi connectivity index (χ3n) is 2.51. The van der Waals surface area contributed by atoms with Crippen LogP contribution in [0.4, 0.5) is 0 Å². The molecule has 0 radical (unpaired) electrons. The Kier molecular flexibility index (Phi) is 3.27. The Labute approximate surface area is 99.4 Å². The minimum atomic E-state index is 0.0222. The average Bonchev–Trinajstić information content (AvgIpc) is 2.90. The quantitative estimate of drug-likeness (QED) is 0.870. The molecule has 0 aliphatic heterocycles. The second-order valence-electron chi connectivity index (χ2n) is 4.02. The van der Waals surface area contributed by atoms with E-state index >= 15 is 0 Å². The topological polar surface area (TPSA) is 62.1 Å². The Morgan fingerprint density at radius 2 is 2.29 bits per heavy atom. The van der Waals surface area contributed by atoms with E-state index in [1.807, 2.05) is 25.1 Å². The molecule has 2 aromatic rings. The number of likely N-dealkylation sites (N-methyl/N-ethyl adjacent to an activating group) is 1. The maximum Gasteiger partial charge on any atom is 0.230 e. The number of aromatic nitrogens is 2. The van der Waals surface area contributed by atoms with Gasteiger partial charge in [0.15, 0.2) is 0 Å². The van der Waals surface area contributed by atoms with Gasteiger partial charge in [0.05, 0.1) is 18.7 Å². The maximum absolute atomic E-state index is 11.9. The molecule has 0 aliphatic carbocycles.